The summed E-state index contributed by atoms with van der Waals surface area (Å²) in [4.78, 5) is 26.9. The molecule has 0 bridgehead atoms. The summed E-state index contributed by atoms with van der Waals surface area (Å²) < 4.78 is 15.0. The molecule has 1 aliphatic heterocycles. The van der Waals surface area contributed by atoms with Crippen molar-refractivity contribution in [2.45, 2.75) is 6.04 Å². The molecule has 0 amide bonds. The van der Waals surface area contributed by atoms with Gasteiger partial charge in [-0.3, -0.25) is 9.78 Å². The highest BCUT2D eigenvalue weighted by atomic mass is 19.1. The van der Waals surface area contributed by atoms with Crippen LogP contribution in [0.2, 0.25) is 0 Å². The normalized spacial score (nSPS) is 14.2. The van der Waals surface area contributed by atoms with Crippen LogP contribution >= 0.6 is 0 Å². The van der Waals surface area contributed by atoms with Crippen LogP contribution in [0.3, 0.4) is 0 Å². The number of aromatic nitrogens is 5. The average molecular weight is 374 g/mol. The highest BCUT2D eigenvalue weighted by Gasteiger charge is 2.32. The van der Waals surface area contributed by atoms with Crippen LogP contribution in [0.1, 0.15) is 6.04 Å². The summed E-state index contributed by atoms with van der Waals surface area (Å²) in [5, 5.41) is 5.32. The van der Waals surface area contributed by atoms with Crippen molar-refractivity contribution in [2.75, 3.05) is 18.0 Å². The molecule has 0 radical (unpaired) electrons. The van der Waals surface area contributed by atoms with Gasteiger partial charge in [0.15, 0.2) is 0 Å². The molecule has 0 atom stereocenters. The molecule has 4 heterocycles. The summed E-state index contributed by atoms with van der Waals surface area (Å²) in [6.45, 7) is 1.19. The van der Waals surface area contributed by atoms with Gasteiger partial charge in [0.1, 0.15) is 18.0 Å². The van der Waals surface area contributed by atoms with E-state index in [1.54, 1.807) is 24.5 Å². The van der Waals surface area contributed by atoms with Gasteiger partial charge in [0.05, 0.1) is 17.3 Å². The second-order valence-corrected chi connectivity index (χ2v) is 6.65. The number of rotatable bonds is 3. The Bertz CT molecular complexity index is 1220. The van der Waals surface area contributed by atoms with Crippen molar-refractivity contribution in [2.24, 2.45) is 0 Å². The summed E-state index contributed by atoms with van der Waals surface area (Å²) in [5.74, 6) is 0.405. The van der Waals surface area contributed by atoms with E-state index in [4.69, 9.17) is 0 Å². The Morgan fingerprint density at radius 1 is 1.00 bits per heavy atom. The van der Waals surface area contributed by atoms with E-state index in [-0.39, 0.29) is 17.4 Å². The first-order chi connectivity index (χ1) is 13.7. The zero-order valence-corrected chi connectivity index (χ0v) is 14.7. The fraction of sp³-hybridized carbons (Fsp3) is 0.150. The Hall–Kier alpha value is -3.68. The third-order valence-corrected chi connectivity index (χ3v) is 4.89. The molecule has 0 unspecified atom stereocenters. The quantitative estimate of drug-likeness (QED) is 0.548. The SMILES string of the molecule is O=c1ccc(-c2ccncc2)nn1C1CN(c2ncnc3cc(F)ccc23)C1. The number of benzene rings is 1. The maximum atomic E-state index is 13.4. The minimum absolute atomic E-state index is 0.0558. The lowest BCUT2D eigenvalue weighted by Crippen LogP contribution is -2.51. The van der Waals surface area contributed by atoms with Crippen molar-refractivity contribution in [1.82, 2.24) is 24.7 Å². The lowest BCUT2D eigenvalue weighted by molar-refractivity contribution is 0.353. The van der Waals surface area contributed by atoms with Crippen molar-refractivity contribution in [3.05, 3.63) is 77.4 Å². The maximum Gasteiger partial charge on any atom is 0.267 e. The Balaban J connectivity index is 1.43. The minimum Gasteiger partial charge on any atom is -0.352 e. The highest BCUT2D eigenvalue weighted by molar-refractivity contribution is 5.89. The number of fused-ring (bicyclic) bond motifs is 1. The van der Waals surface area contributed by atoms with Gasteiger partial charge in [-0.2, -0.15) is 5.10 Å². The molecular formula is C20H15FN6O. The maximum absolute atomic E-state index is 13.4. The van der Waals surface area contributed by atoms with Crippen LogP contribution in [0, 0.1) is 5.82 Å². The number of halogens is 1. The number of anilines is 1. The molecule has 4 aromatic rings. The molecular weight excluding hydrogens is 359 g/mol. The van der Waals surface area contributed by atoms with Gasteiger partial charge in [-0.25, -0.2) is 19.0 Å². The van der Waals surface area contributed by atoms with Gasteiger partial charge in [-0.1, -0.05) is 0 Å². The van der Waals surface area contributed by atoms with E-state index in [9.17, 15) is 9.18 Å². The van der Waals surface area contributed by atoms with Crippen molar-refractivity contribution < 1.29 is 4.39 Å². The van der Waals surface area contributed by atoms with Gasteiger partial charge >= 0.3 is 0 Å². The van der Waals surface area contributed by atoms with E-state index in [0.717, 1.165) is 22.5 Å². The van der Waals surface area contributed by atoms with Crippen LogP contribution in [-0.4, -0.2) is 37.8 Å². The Kier molecular flexibility index (Phi) is 3.82. The zero-order valence-electron chi connectivity index (χ0n) is 14.7. The first-order valence-electron chi connectivity index (χ1n) is 8.84. The van der Waals surface area contributed by atoms with E-state index in [1.165, 1.54) is 29.2 Å². The fourth-order valence-corrected chi connectivity index (χ4v) is 3.41. The molecule has 0 N–H and O–H groups in total. The predicted molar refractivity (Wildman–Crippen MR) is 102 cm³/mol. The second kappa shape index (κ2) is 6.49. The molecule has 1 saturated heterocycles. The highest BCUT2D eigenvalue weighted by Crippen LogP contribution is 2.30. The number of nitrogens with zero attached hydrogens (tertiary/aromatic N) is 6. The molecule has 3 aromatic heterocycles. The van der Waals surface area contributed by atoms with Crippen molar-refractivity contribution in [3.8, 4) is 11.3 Å². The van der Waals surface area contributed by atoms with Gasteiger partial charge in [-0.15, -0.1) is 0 Å². The first-order valence-corrected chi connectivity index (χ1v) is 8.84. The van der Waals surface area contributed by atoms with Crippen molar-refractivity contribution in [1.29, 1.82) is 0 Å². The van der Waals surface area contributed by atoms with Crippen molar-refractivity contribution >= 4 is 16.7 Å². The molecule has 7 nitrogen and oxygen atoms in total. The van der Waals surface area contributed by atoms with Crippen LogP contribution in [0.25, 0.3) is 22.2 Å². The number of hydrogen-bond acceptors (Lipinski definition) is 6. The Morgan fingerprint density at radius 3 is 2.64 bits per heavy atom. The summed E-state index contributed by atoms with van der Waals surface area (Å²) >= 11 is 0. The Labute approximate surface area is 159 Å². The third kappa shape index (κ3) is 2.79. The van der Waals surface area contributed by atoms with Gasteiger partial charge in [-0.05, 0) is 30.3 Å². The van der Waals surface area contributed by atoms with E-state index in [1.807, 2.05) is 17.0 Å². The van der Waals surface area contributed by atoms with Gasteiger partial charge in [0.2, 0.25) is 0 Å². The van der Waals surface area contributed by atoms with Crippen LogP contribution in [0.4, 0.5) is 10.2 Å². The smallest absolute Gasteiger partial charge is 0.267 e. The van der Waals surface area contributed by atoms with Crippen LogP contribution in [0.5, 0.6) is 0 Å². The monoisotopic (exact) mass is 374 g/mol. The Morgan fingerprint density at radius 2 is 1.82 bits per heavy atom. The average Bonchev–Trinajstić information content (AvgIpc) is 2.69. The summed E-state index contributed by atoms with van der Waals surface area (Å²) in [6, 6.07) is 11.4. The molecule has 1 fully saturated rings. The molecule has 0 aliphatic carbocycles. The lowest BCUT2D eigenvalue weighted by Gasteiger charge is -2.40. The van der Waals surface area contributed by atoms with E-state index < -0.39 is 0 Å². The molecule has 8 heteroatoms. The summed E-state index contributed by atoms with van der Waals surface area (Å²) in [7, 11) is 0. The number of pyridine rings is 1. The fourth-order valence-electron chi connectivity index (χ4n) is 3.41. The van der Waals surface area contributed by atoms with Gasteiger partial charge < -0.3 is 4.90 Å². The van der Waals surface area contributed by atoms with Gasteiger partial charge in [0.25, 0.3) is 5.56 Å². The summed E-state index contributed by atoms with van der Waals surface area (Å²) in [6.07, 6.45) is 4.82. The topological polar surface area (TPSA) is 76.8 Å². The molecule has 138 valence electrons. The number of hydrogen-bond donors (Lipinski definition) is 0. The van der Waals surface area contributed by atoms with E-state index in [0.29, 0.717) is 18.6 Å². The van der Waals surface area contributed by atoms with E-state index in [2.05, 4.69) is 20.1 Å². The standard InChI is InChI=1S/C20H15FN6O/c21-14-1-2-16-18(9-14)23-12-24-20(16)26-10-15(11-26)27-19(28)4-3-17(25-27)13-5-7-22-8-6-13/h1-9,12,15H,10-11H2. The predicted octanol–water partition coefficient (Wildman–Crippen LogP) is 2.45. The second-order valence-electron chi connectivity index (χ2n) is 6.65. The van der Waals surface area contributed by atoms with Gasteiger partial charge in [0, 0.05) is 48.6 Å². The molecule has 1 aromatic carbocycles. The van der Waals surface area contributed by atoms with E-state index >= 15 is 0 Å². The third-order valence-electron chi connectivity index (χ3n) is 4.89. The lowest BCUT2D eigenvalue weighted by atomic mass is 10.1. The molecule has 28 heavy (non-hydrogen) atoms. The van der Waals surface area contributed by atoms with Crippen molar-refractivity contribution in [3.63, 3.8) is 0 Å². The molecule has 1 aliphatic rings. The largest absolute Gasteiger partial charge is 0.352 e. The van der Waals surface area contributed by atoms with Crippen LogP contribution in [0.15, 0.2) is 66.0 Å². The van der Waals surface area contributed by atoms with Crippen LogP contribution < -0.4 is 10.5 Å². The molecule has 0 spiro atoms. The summed E-state index contributed by atoms with van der Waals surface area (Å²) in [5.41, 5.74) is 2.05. The van der Waals surface area contributed by atoms with Crippen LogP contribution in [-0.2, 0) is 0 Å². The molecule has 0 saturated carbocycles. The molecule has 5 rings (SSSR count). The minimum atomic E-state index is -0.331. The zero-order chi connectivity index (χ0) is 19.1. The first kappa shape index (κ1) is 16.5.